The van der Waals surface area contributed by atoms with Gasteiger partial charge in [-0.25, -0.2) is 0 Å². The zero-order chi connectivity index (χ0) is 21.5. The number of carbonyl (C=O) groups is 2. The van der Waals surface area contributed by atoms with Crippen LogP contribution in [0.1, 0.15) is 38.5 Å². The number of hydrogen-bond donors (Lipinski definition) is 1. The second kappa shape index (κ2) is 10.1. The fourth-order valence-corrected chi connectivity index (χ4v) is 3.82. The van der Waals surface area contributed by atoms with Crippen LogP contribution in [0.15, 0.2) is 60.7 Å². The summed E-state index contributed by atoms with van der Waals surface area (Å²) < 4.78 is 30.1. The van der Waals surface area contributed by atoms with Gasteiger partial charge in [0.2, 0.25) is 5.91 Å². The highest BCUT2D eigenvalue weighted by molar-refractivity contribution is 7.14. The van der Waals surface area contributed by atoms with Crippen molar-refractivity contribution >= 4 is 28.7 Å². The van der Waals surface area contributed by atoms with Crippen molar-refractivity contribution in [2.24, 2.45) is 0 Å². The molecule has 0 bridgehead atoms. The van der Waals surface area contributed by atoms with E-state index in [-0.39, 0.29) is 30.3 Å². The molecule has 3 aromatic rings. The molecule has 0 radical (unpaired) electrons. The lowest BCUT2D eigenvalue weighted by Crippen LogP contribution is -2.14. The molecule has 1 amide bonds. The van der Waals surface area contributed by atoms with Crippen molar-refractivity contribution in [3.8, 4) is 5.75 Å². The highest BCUT2D eigenvalue weighted by atomic mass is 32.1. The van der Waals surface area contributed by atoms with Crippen molar-refractivity contribution < 1.29 is 23.1 Å². The van der Waals surface area contributed by atoms with E-state index >= 15 is 0 Å². The lowest BCUT2D eigenvalue weighted by Gasteiger charge is -2.13. The van der Waals surface area contributed by atoms with Crippen molar-refractivity contribution in [3.63, 3.8) is 0 Å². The van der Waals surface area contributed by atoms with E-state index in [1.807, 2.05) is 43.3 Å². The summed E-state index contributed by atoms with van der Waals surface area (Å²) in [7, 11) is 0. The molecule has 1 heterocycles. The van der Waals surface area contributed by atoms with E-state index < -0.39 is 6.61 Å². The van der Waals surface area contributed by atoms with Crippen LogP contribution in [0.25, 0.3) is 0 Å². The molecule has 1 N–H and O–H groups in total. The number of alkyl halides is 2. The predicted octanol–water partition coefficient (Wildman–Crippen LogP) is 5.85. The summed E-state index contributed by atoms with van der Waals surface area (Å²) in [6, 6.07) is 17.5. The number of amides is 1. The molecule has 0 spiro atoms. The quantitative estimate of drug-likeness (QED) is 0.434. The number of carbonyl (C=O) groups excluding carboxylic acids is 2. The molecule has 0 saturated heterocycles. The number of hydrogen-bond acceptors (Lipinski definition) is 4. The minimum Gasteiger partial charge on any atom is -0.435 e. The number of rotatable bonds is 9. The molecule has 0 fully saturated rings. The van der Waals surface area contributed by atoms with Gasteiger partial charge < -0.3 is 10.1 Å². The molecule has 1 aromatic heterocycles. The molecule has 156 valence electrons. The van der Waals surface area contributed by atoms with Crippen LogP contribution in [0, 0.1) is 6.92 Å². The molecule has 0 saturated carbocycles. The molecular weight excluding hydrogens is 408 g/mol. The topological polar surface area (TPSA) is 55.4 Å². The zero-order valence-electron chi connectivity index (χ0n) is 16.4. The smallest absolute Gasteiger partial charge is 0.387 e. The third kappa shape index (κ3) is 6.22. The number of ether oxygens (including phenoxy) is 1. The van der Waals surface area contributed by atoms with Gasteiger partial charge in [0.15, 0.2) is 5.78 Å². The van der Waals surface area contributed by atoms with Crippen LogP contribution in [0.2, 0.25) is 0 Å². The van der Waals surface area contributed by atoms with Crippen LogP contribution in [-0.2, 0) is 11.2 Å². The number of ketones is 1. The highest BCUT2D eigenvalue weighted by Gasteiger charge is 2.14. The van der Waals surface area contributed by atoms with E-state index in [1.165, 1.54) is 23.5 Å². The molecule has 0 unspecified atom stereocenters. The van der Waals surface area contributed by atoms with Crippen LogP contribution in [-0.4, -0.2) is 18.3 Å². The number of thiophene rings is 1. The van der Waals surface area contributed by atoms with Crippen LogP contribution in [0.4, 0.5) is 14.5 Å². The first-order valence-corrected chi connectivity index (χ1v) is 10.2. The Bertz CT molecular complexity index is 1020. The molecule has 0 aliphatic rings. The normalized spacial score (nSPS) is 10.8. The van der Waals surface area contributed by atoms with E-state index in [9.17, 15) is 18.4 Å². The predicted molar refractivity (Wildman–Crippen MR) is 114 cm³/mol. The summed E-state index contributed by atoms with van der Waals surface area (Å²) >= 11 is 1.40. The average Bonchev–Trinajstić information content (AvgIpc) is 3.15. The first-order valence-electron chi connectivity index (χ1n) is 9.42. The average molecular weight is 429 g/mol. The first-order chi connectivity index (χ1) is 14.4. The van der Waals surface area contributed by atoms with Gasteiger partial charge in [0, 0.05) is 35.4 Å². The molecule has 4 nitrogen and oxygen atoms in total. The Morgan fingerprint density at radius 2 is 1.80 bits per heavy atom. The van der Waals surface area contributed by atoms with Crippen molar-refractivity contribution in [2.45, 2.75) is 32.8 Å². The van der Waals surface area contributed by atoms with Crippen molar-refractivity contribution in [1.29, 1.82) is 0 Å². The molecule has 2 aromatic carbocycles. The molecule has 3 rings (SSSR count). The molecule has 7 heteroatoms. The maximum Gasteiger partial charge on any atom is 0.387 e. The van der Waals surface area contributed by atoms with Crippen LogP contribution in [0.3, 0.4) is 0 Å². The number of aryl methyl sites for hydroxylation is 1. The Balaban J connectivity index is 1.66. The van der Waals surface area contributed by atoms with Gasteiger partial charge in [-0.1, -0.05) is 30.3 Å². The standard InChI is InChI=1S/C23H21F2NO3S/c1-15-7-11-21(30-15)19(27)9-12-22(28)26-18-8-10-20(29-23(24)25)17(14-18)13-16-5-3-2-4-6-16/h2-8,10-11,14,23H,9,12-13H2,1H3,(H,26,28). The molecular formula is C23H21F2NO3S. The summed E-state index contributed by atoms with van der Waals surface area (Å²) in [5.41, 5.74) is 1.92. The Hall–Kier alpha value is -3.06. The van der Waals surface area contributed by atoms with Gasteiger partial charge in [-0.3, -0.25) is 9.59 Å². The second-order valence-electron chi connectivity index (χ2n) is 6.75. The van der Waals surface area contributed by atoms with E-state index in [0.29, 0.717) is 22.5 Å². The van der Waals surface area contributed by atoms with E-state index in [1.54, 1.807) is 12.1 Å². The maximum absolute atomic E-state index is 12.7. The number of nitrogens with one attached hydrogen (secondary N) is 1. The monoisotopic (exact) mass is 429 g/mol. The van der Waals surface area contributed by atoms with Gasteiger partial charge in [-0.15, -0.1) is 11.3 Å². The summed E-state index contributed by atoms with van der Waals surface area (Å²) in [4.78, 5) is 26.1. The highest BCUT2D eigenvalue weighted by Crippen LogP contribution is 2.27. The van der Waals surface area contributed by atoms with E-state index in [2.05, 4.69) is 10.1 Å². The maximum atomic E-state index is 12.7. The van der Waals surface area contributed by atoms with Gasteiger partial charge in [0.1, 0.15) is 5.75 Å². The molecule has 0 aliphatic carbocycles. The van der Waals surface area contributed by atoms with Gasteiger partial charge in [-0.05, 0) is 42.8 Å². The molecule has 30 heavy (non-hydrogen) atoms. The van der Waals surface area contributed by atoms with Gasteiger partial charge in [-0.2, -0.15) is 8.78 Å². The Morgan fingerprint density at radius 3 is 2.47 bits per heavy atom. The lowest BCUT2D eigenvalue weighted by molar-refractivity contribution is -0.116. The SMILES string of the molecule is Cc1ccc(C(=O)CCC(=O)Nc2ccc(OC(F)F)c(Cc3ccccc3)c2)s1. The van der Waals surface area contributed by atoms with Gasteiger partial charge in [0.05, 0.1) is 4.88 Å². The van der Waals surface area contributed by atoms with Crippen LogP contribution < -0.4 is 10.1 Å². The number of benzene rings is 2. The third-order valence-corrected chi connectivity index (χ3v) is 5.43. The third-order valence-electron chi connectivity index (χ3n) is 4.39. The van der Waals surface area contributed by atoms with E-state index in [0.717, 1.165) is 10.4 Å². The van der Waals surface area contributed by atoms with Gasteiger partial charge >= 0.3 is 6.61 Å². The summed E-state index contributed by atoms with van der Waals surface area (Å²) in [6.45, 7) is -1.02. The van der Waals surface area contributed by atoms with E-state index in [4.69, 9.17) is 0 Å². The summed E-state index contributed by atoms with van der Waals surface area (Å²) in [6.07, 6.45) is 0.525. The molecule has 0 aliphatic heterocycles. The fraction of sp³-hybridized carbons (Fsp3) is 0.217. The second-order valence-corrected chi connectivity index (χ2v) is 8.03. The van der Waals surface area contributed by atoms with Crippen LogP contribution >= 0.6 is 11.3 Å². The van der Waals surface area contributed by atoms with Gasteiger partial charge in [0.25, 0.3) is 0 Å². The first kappa shape index (κ1) is 21.6. The lowest BCUT2D eigenvalue weighted by atomic mass is 10.0. The van der Waals surface area contributed by atoms with Crippen molar-refractivity contribution in [1.82, 2.24) is 0 Å². The number of Topliss-reactive ketones (excluding diaryl/α,β-unsaturated/α-hetero) is 1. The minimum absolute atomic E-state index is 0.0408. The Labute approximate surface area is 177 Å². The molecule has 0 atom stereocenters. The zero-order valence-corrected chi connectivity index (χ0v) is 17.2. The largest absolute Gasteiger partial charge is 0.435 e. The minimum atomic E-state index is -2.94. The van der Waals surface area contributed by atoms with Crippen LogP contribution in [0.5, 0.6) is 5.75 Å². The van der Waals surface area contributed by atoms with Crippen molar-refractivity contribution in [3.05, 3.63) is 81.5 Å². The number of anilines is 1. The fourth-order valence-electron chi connectivity index (χ4n) is 2.98. The summed E-state index contributed by atoms with van der Waals surface area (Å²) in [5.74, 6) is -0.325. The number of halogens is 2. The van der Waals surface area contributed by atoms with Crippen molar-refractivity contribution in [2.75, 3.05) is 5.32 Å². The summed E-state index contributed by atoms with van der Waals surface area (Å²) in [5, 5.41) is 2.73. The Kier molecular flexibility index (Phi) is 7.30. The Morgan fingerprint density at radius 1 is 1.03 bits per heavy atom.